The lowest BCUT2D eigenvalue weighted by Crippen LogP contribution is -2.40. The van der Waals surface area contributed by atoms with Crippen LogP contribution in [0, 0.1) is 17.3 Å². The molecule has 2 aliphatic rings. The van der Waals surface area contributed by atoms with Gasteiger partial charge in [0.25, 0.3) is 0 Å². The molecule has 17 heavy (non-hydrogen) atoms. The van der Waals surface area contributed by atoms with Gasteiger partial charge >= 0.3 is 0 Å². The first-order valence-electron chi connectivity index (χ1n) is 7.04. The summed E-state index contributed by atoms with van der Waals surface area (Å²) in [5, 5.41) is 0. The Morgan fingerprint density at radius 1 is 1.00 bits per heavy atom. The third kappa shape index (κ3) is 2.85. The summed E-state index contributed by atoms with van der Waals surface area (Å²) in [6, 6.07) is 0. The van der Waals surface area contributed by atoms with Crippen LogP contribution in [0.4, 0.5) is 0 Å². The van der Waals surface area contributed by atoms with Crippen molar-refractivity contribution in [2.75, 3.05) is 19.7 Å². The van der Waals surface area contributed by atoms with Gasteiger partial charge in [-0.2, -0.15) is 0 Å². The van der Waals surface area contributed by atoms with Gasteiger partial charge in [0.2, 0.25) is 0 Å². The highest BCUT2D eigenvalue weighted by Crippen LogP contribution is 2.40. The van der Waals surface area contributed by atoms with Crippen molar-refractivity contribution in [1.82, 2.24) is 4.90 Å². The predicted molar refractivity (Wildman–Crippen MR) is 72.1 cm³/mol. The second kappa shape index (κ2) is 4.24. The molecule has 0 aliphatic carbocycles. The van der Waals surface area contributed by atoms with E-state index in [1.54, 1.807) is 0 Å². The standard InChI is InChI=1S/C15H29NO/c1-14(2,3)12-7-11-8-16(15(4,5)6)9-13(11)17-10-12/h11-13H,7-10H2,1-6H3. The Balaban J connectivity index is 1.99. The zero-order valence-electron chi connectivity index (χ0n) is 12.4. The van der Waals surface area contributed by atoms with Gasteiger partial charge in [0, 0.05) is 18.6 Å². The van der Waals surface area contributed by atoms with Crippen LogP contribution in [0.1, 0.15) is 48.0 Å². The number of likely N-dealkylation sites (tertiary alicyclic amines) is 1. The molecule has 100 valence electrons. The highest BCUT2D eigenvalue weighted by atomic mass is 16.5. The molecule has 0 radical (unpaired) electrons. The molecule has 0 aromatic carbocycles. The zero-order chi connectivity index (χ0) is 12.8. The predicted octanol–water partition coefficient (Wildman–Crippen LogP) is 3.17. The molecule has 2 heterocycles. The molecular weight excluding hydrogens is 210 g/mol. The van der Waals surface area contributed by atoms with Crippen molar-refractivity contribution in [3.8, 4) is 0 Å². The van der Waals surface area contributed by atoms with Crippen molar-refractivity contribution >= 4 is 0 Å². The van der Waals surface area contributed by atoms with E-state index in [1.165, 1.54) is 13.0 Å². The van der Waals surface area contributed by atoms with Crippen molar-refractivity contribution < 1.29 is 4.74 Å². The van der Waals surface area contributed by atoms with Gasteiger partial charge in [-0.05, 0) is 44.4 Å². The van der Waals surface area contributed by atoms with E-state index in [-0.39, 0.29) is 5.54 Å². The smallest absolute Gasteiger partial charge is 0.0742 e. The van der Waals surface area contributed by atoms with Crippen LogP contribution < -0.4 is 0 Å². The van der Waals surface area contributed by atoms with Crippen LogP contribution in [0.15, 0.2) is 0 Å². The summed E-state index contributed by atoms with van der Waals surface area (Å²) >= 11 is 0. The molecule has 0 bridgehead atoms. The monoisotopic (exact) mass is 239 g/mol. The van der Waals surface area contributed by atoms with Gasteiger partial charge in [0.15, 0.2) is 0 Å². The van der Waals surface area contributed by atoms with Crippen molar-refractivity contribution in [3.05, 3.63) is 0 Å². The molecule has 2 fully saturated rings. The van der Waals surface area contributed by atoms with Gasteiger partial charge in [-0.3, -0.25) is 4.90 Å². The number of rotatable bonds is 0. The minimum Gasteiger partial charge on any atom is -0.376 e. The topological polar surface area (TPSA) is 12.5 Å². The third-order valence-electron chi connectivity index (χ3n) is 4.65. The van der Waals surface area contributed by atoms with E-state index >= 15 is 0 Å². The Labute approximate surface area is 107 Å². The maximum atomic E-state index is 6.12. The highest BCUT2D eigenvalue weighted by molar-refractivity contribution is 4.95. The quantitative estimate of drug-likeness (QED) is 0.644. The fourth-order valence-electron chi connectivity index (χ4n) is 3.08. The lowest BCUT2D eigenvalue weighted by molar-refractivity contribution is -0.0625. The van der Waals surface area contributed by atoms with Crippen LogP contribution in [0.2, 0.25) is 0 Å². The van der Waals surface area contributed by atoms with Crippen molar-refractivity contribution in [2.45, 2.75) is 59.6 Å². The molecular formula is C15H29NO. The SMILES string of the molecule is CC(C)(C)C1COC2CN(C(C)(C)C)CC2C1. The first-order chi connectivity index (χ1) is 7.68. The molecule has 2 rings (SSSR count). The van der Waals surface area contributed by atoms with Gasteiger partial charge < -0.3 is 4.74 Å². The fraction of sp³-hybridized carbons (Fsp3) is 1.00. The van der Waals surface area contributed by atoms with Crippen LogP contribution in [0.3, 0.4) is 0 Å². The van der Waals surface area contributed by atoms with Crippen LogP contribution in [0.25, 0.3) is 0 Å². The summed E-state index contributed by atoms with van der Waals surface area (Å²) in [7, 11) is 0. The molecule has 0 aromatic heterocycles. The molecule has 2 nitrogen and oxygen atoms in total. The molecule has 0 saturated carbocycles. The van der Waals surface area contributed by atoms with E-state index in [4.69, 9.17) is 4.74 Å². The third-order valence-corrected chi connectivity index (χ3v) is 4.65. The Morgan fingerprint density at radius 2 is 1.65 bits per heavy atom. The molecule has 2 saturated heterocycles. The van der Waals surface area contributed by atoms with Crippen LogP contribution in [-0.4, -0.2) is 36.2 Å². The minimum atomic E-state index is 0.290. The summed E-state index contributed by atoms with van der Waals surface area (Å²) in [6.07, 6.45) is 1.84. The Bertz CT molecular complexity index is 262. The molecule has 2 heteroatoms. The minimum absolute atomic E-state index is 0.290. The summed E-state index contributed by atoms with van der Waals surface area (Å²) in [4.78, 5) is 2.59. The van der Waals surface area contributed by atoms with E-state index in [2.05, 4.69) is 46.4 Å². The average molecular weight is 239 g/mol. The zero-order valence-corrected chi connectivity index (χ0v) is 12.4. The Morgan fingerprint density at radius 3 is 2.18 bits per heavy atom. The van der Waals surface area contributed by atoms with E-state index in [1.807, 2.05) is 0 Å². The van der Waals surface area contributed by atoms with Gasteiger partial charge in [-0.1, -0.05) is 20.8 Å². The van der Waals surface area contributed by atoms with Gasteiger partial charge in [-0.15, -0.1) is 0 Å². The second-order valence-corrected chi connectivity index (χ2v) is 8.01. The van der Waals surface area contributed by atoms with Crippen LogP contribution in [0.5, 0.6) is 0 Å². The molecule has 2 aliphatic heterocycles. The highest BCUT2D eigenvalue weighted by Gasteiger charge is 2.43. The van der Waals surface area contributed by atoms with E-state index in [0.29, 0.717) is 11.5 Å². The first-order valence-corrected chi connectivity index (χ1v) is 7.04. The summed E-state index contributed by atoms with van der Waals surface area (Å²) in [6.45, 7) is 17.3. The van der Waals surface area contributed by atoms with Crippen molar-refractivity contribution in [3.63, 3.8) is 0 Å². The van der Waals surface area contributed by atoms with Crippen LogP contribution in [-0.2, 0) is 4.74 Å². The summed E-state index contributed by atoms with van der Waals surface area (Å²) in [5.41, 5.74) is 0.679. The molecule has 0 amide bonds. The van der Waals surface area contributed by atoms with Gasteiger partial charge in [-0.25, -0.2) is 0 Å². The molecule has 0 spiro atoms. The lowest BCUT2D eigenvalue weighted by Gasteiger charge is -2.38. The molecule has 0 N–H and O–H groups in total. The summed E-state index contributed by atoms with van der Waals surface area (Å²) in [5.74, 6) is 1.48. The lowest BCUT2D eigenvalue weighted by atomic mass is 9.74. The number of ether oxygens (including phenoxy) is 1. The second-order valence-electron chi connectivity index (χ2n) is 8.01. The summed E-state index contributed by atoms with van der Waals surface area (Å²) < 4.78 is 6.12. The average Bonchev–Trinajstić information content (AvgIpc) is 2.57. The van der Waals surface area contributed by atoms with Gasteiger partial charge in [0.1, 0.15) is 0 Å². The number of fused-ring (bicyclic) bond motifs is 1. The van der Waals surface area contributed by atoms with E-state index in [9.17, 15) is 0 Å². The van der Waals surface area contributed by atoms with Crippen molar-refractivity contribution in [1.29, 1.82) is 0 Å². The number of nitrogens with zero attached hydrogens (tertiary/aromatic N) is 1. The molecule has 0 aromatic rings. The molecule has 3 unspecified atom stereocenters. The van der Waals surface area contributed by atoms with Gasteiger partial charge in [0.05, 0.1) is 12.7 Å². The van der Waals surface area contributed by atoms with E-state index in [0.717, 1.165) is 25.0 Å². The Kier molecular flexibility index (Phi) is 3.33. The maximum Gasteiger partial charge on any atom is 0.0742 e. The van der Waals surface area contributed by atoms with E-state index < -0.39 is 0 Å². The van der Waals surface area contributed by atoms with Crippen LogP contribution >= 0.6 is 0 Å². The molecule has 3 atom stereocenters. The Hall–Kier alpha value is -0.0800. The maximum absolute atomic E-state index is 6.12. The largest absolute Gasteiger partial charge is 0.376 e. The number of hydrogen-bond donors (Lipinski definition) is 0. The normalized spacial score (nSPS) is 36.0. The van der Waals surface area contributed by atoms with Crippen molar-refractivity contribution in [2.24, 2.45) is 17.3 Å². The first kappa shape index (κ1) is 13.4. The fourth-order valence-corrected chi connectivity index (χ4v) is 3.08. The number of hydrogen-bond acceptors (Lipinski definition) is 2.